The second-order valence-electron chi connectivity index (χ2n) is 8.69. The third-order valence-electron chi connectivity index (χ3n) is 5.91. The minimum atomic E-state index is -2.49. The molecular weight excluding hydrogens is 352 g/mol. The molecule has 4 heteroatoms. The number of benzene rings is 2. The first-order valence-electron chi connectivity index (χ1n) is 10.0. The normalized spacial score (nSPS) is 26.0. The Bertz CT molecular complexity index is 688. The molecule has 0 N–H and O–H groups in total. The van der Waals surface area contributed by atoms with Gasteiger partial charge in [0, 0.05) is 12.8 Å². The van der Waals surface area contributed by atoms with E-state index in [0.29, 0.717) is 13.2 Å². The second kappa shape index (κ2) is 7.51. The van der Waals surface area contributed by atoms with E-state index in [1.165, 1.54) is 10.4 Å². The molecule has 27 heavy (non-hydrogen) atoms. The summed E-state index contributed by atoms with van der Waals surface area (Å²) < 4.78 is 19.1. The summed E-state index contributed by atoms with van der Waals surface area (Å²) in [6.07, 6.45) is 2.39. The molecule has 0 radical (unpaired) electrons. The average Bonchev–Trinajstić information content (AvgIpc) is 3.09. The molecule has 3 atom stereocenters. The van der Waals surface area contributed by atoms with Crippen LogP contribution in [0.15, 0.2) is 60.7 Å². The van der Waals surface area contributed by atoms with Crippen LogP contribution in [-0.4, -0.2) is 39.8 Å². The SMILES string of the molecule is CC(C)(C)[Si](OC1C[C@@H]2OCCO[C@@H]2C1)(c1ccccc1)c1ccccc1. The Morgan fingerprint density at radius 3 is 1.63 bits per heavy atom. The van der Waals surface area contributed by atoms with E-state index >= 15 is 0 Å². The Hall–Kier alpha value is -1.46. The number of hydrogen-bond acceptors (Lipinski definition) is 3. The van der Waals surface area contributed by atoms with Gasteiger partial charge in [-0.15, -0.1) is 0 Å². The van der Waals surface area contributed by atoms with Crippen molar-refractivity contribution in [1.29, 1.82) is 0 Å². The molecular formula is C23H30O3Si. The van der Waals surface area contributed by atoms with Gasteiger partial charge in [-0.2, -0.15) is 0 Å². The number of fused-ring (bicyclic) bond motifs is 1. The lowest BCUT2D eigenvalue weighted by Crippen LogP contribution is -2.67. The lowest BCUT2D eigenvalue weighted by Gasteiger charge is -2.44. The van der Waals surface area contributed by atoms with Gasteiger partial charge in [-0.1, -0.05) is 81.4 Å². The molecule has 2 aromatic rings. The zero-order valence-corrected chi connectivity index (χ0v) is 17.6. The molecule has 2 aliphatic rings. The monoisotopic (exact) mass is 382 g/mol. The summed E-state index contributed by atoms with van der Waals surface area (Å²) in [6.45, 7) is 8.39. The van der Waals surface area contributed by atoms with Crippen molar-refractivity contribution in [2.24, 2.45) is 0 Å². The highest BCUT2D eigenvalue weighted by Gasteiger charge is 2.53. The Kier molecular flexibility index (Phi) is 5.25. The van der Waals surface area contributed by atoms with E-state index in [4.69, 9.17) is 13.9 Å². The zero-order valence-electron chi connectivity index (χ0n) is 16.6. The van der Waals surface area contributed by atoms with Crippen LogP contribution in [-0.2, 0) is 13.9 Å². The summed E-state index contributed by atoms with van der Waals surface area (Å²) in [5, 5.41) is 2.67. The summed E-state index contributed by atoms with van der Waals surface area (Å²) in [5.41, 5.74) is 0. The molecule has 0 bridgehead atoms. The van der Waals surface area contributed by atoms with Crippen molar-refractivity contribution in [3.63, 3.8) is 0 Å². The predicted octanol–water partition coefficient (Wildman–Crippen LogP) is 3.51. The summed E-state index contributed by atoms with van der Waals surface area (Å²) >= 11 is 0. The highest BCUT2D eigenvalue weighted by molar-refractivity contribution is 6.99. The number of ether oxygens (including phenoxy) is 2. The highest BCUT2D eigenvalue weighted by Crippen LogP contribution is 2.40. The molecule has 1 heterocycles. The van der Waals surface area contributed by atoms with Crippen molar-refractivity contribution in [2.45, 2.75) is 57.0 Å². The largest absolute Gasteiger partial charge is 0.404 e. The molecule has 0 spiro atoms. The first-order valence-corrected chi connectivity index (χ1v) is 11.9. The fraction of sp³-hybridized carbons (Fsp3) is 0.478. The van der Waals surface area contributed by atoms with Gasteiger partial charge in [0.2, 0.25) is 0 Å². The Morgan fingerprint density at radius 2 is 1.22 bits per heavy atom. The van der Waals surface area contributed by atoms with E-state index in [0.717, 1.165) is 12.8 Å². The zero-order chi connectivity index (χ0) is 18.9. The van der Waals surface area contributed by atoms with E-state index in [1.54, 1.807) is 0 Å². The molecule has 1 unspecified atom stereocenters. The average molecular weight is 383 g/mol. The molecule has 2 aromatic carbocycles. The van der Waals surface area contributed by atoms with Crippen LogP contribution < -0.4 is 10.4 Å². The molecule has 1 saturated heterocycles. The van der Waals surface area contributed by atoms with Crippen molar-refractivity contribution >= 4 is 18.7 Å². The van der Waals surface area contributed by atoms with Gasteiger partial charge in [-0.25, -0.2) is 0 Å². The van der Waals surface area contributed by atoms with Crippen molar-refractivity contribution in [2.75, 3.05) is 13.2 Å². The van der Waals surface area contributed by atoms with Crippen LogP contribution in [0.25, 0.3) is 0 Å². The van der Waals surface area contributed by atoms with Crippen LogP contribution in [0, 0.1) is 0 Å². The maximum atomic E-state index is 7.21. The molecule has 3 nitrogen and oxygen atoms in total. The predicted molar refractivity (Wildman–Crippen MR) is 111 cm³/mol. The minimum absolute atomic E-state index is 0.00514. The van der Waals surface area contributed by atoms with Crippen molar-refractivity contribution < 1.29 is 13.9 Å². The molecule has 1 saturated carbocycles. The third kappa shape index (κ3) is 3.52. The van der Waals surface area contributed by atoms with Gasteiger partial charge in [0.05, 0.1) is 31.5 Å². The topological polar surface area (TPSA) is 27.7 Å². The molecule has 144 valence electrons. The third-order valence-corrected chi connectivity index (χ3v) is 11.0. The Labute approximate surface area is 163 Å². The van der Waals surface area contributed by atoms with Gasteiger partial charge in [0.1, 0.15) is 0 Å². The molecule has 0 aromatic heterocycles. The summed E-state index contributed by atoms with van der Waals surface area (Å²) in [5.74, 6) is 0. The van der Waals surface area contributed by atoms with Crippen LogP contribution in [0.2, 0.25) is 5.04 Å². The van der Waals surface area contributed by atoms with E-state index in [1.807, 2.05) is 0 Å². The lowest BCUT2D eigenvalue weighted by molar-refractivity contribution is -0.124. The summed E-state index contributed by atoms with van der Waals surface area (Å²) in [4.78, 5) is 0. The van der Waals surface area contributed by atoms with Crippen LogP contribution in [0.4, 0.5) is 0 Å². The quantitative estimate of drug-likeness (QED) is 0.758. The maximum absolute atomic E-state index is 7.21. The van der Waals surface area contributed by atoms with Crippen molar-refractivity contribution in [1.82, 2.24) is 0 Å². The van der Waals surface area contributed by atoms with Gasteiger partial charge in [0.15, 0.2) is 0 Å². The van der Waals surface area contributed by atoms with Crippen molar-refractivity contribution in [3.8, 4) is 0 Å². The van der Waals surface area contributed by atoms with Crippen LogP contribution >= 0.6 is 0 Å². The Balaban J connectivity index is 1.76. The fourth-order valence-corrected chi connectivity index (χ4v) is 9.41. The maximum Gasteiger partial charge on any atom is 0.261 e. The molecule has 1 aliphatic carbocycles. The van der Waals surface area contributed by atoms with E-state index < -0.39 is 8.32 Å². The smallest absolute Gasteiger partial charge is 0.261 e. The molecule has 2 fully saturated rings. The number of hydrogen-bond donors (Lipinski definition) is 0. The second-order valence-corrected chi connectivity index (χ2v) is 12.9. The molecule has 1 aliphatic heterocycles. The van der Waals surface area contributed by atoms with E-state index in [2.05, 4.69) is 81.4 Å². The van der Waals surface area contributed by atoms with Gasteiger partial charge in [-0.05, 0) is 15.4 Å². The van der Waals surface area contributed by atoms with Gasteiger partial charge in [-0.3, -0.25) is 0 Å². The van der Waals surface area contributed by atoms with Crippen LogP contribution in [0.1, 0.15) is 33.6 Å². The number of rotatable bonds is 4. The first-order chi connectivity index (χ1) is 13.0. The lowest BCUT2D eigenvalue weighted by atomic mass is 10.2. The van der Waals surface area contributed by atoms with E-state index in [-0.39, 0.29) is 23.4 Å². The fourth-order valence-electron chi connectivity index (χ4n) is 4.71. The van der Waals surface area contributed by atoms with Crippen molar-refractivity contribution in [3.05, 3.63) is 60.7 Å². The van der Waals surface area contributed by atoms with Gasteiger partial charge >= 0.3 is 0 Å². The standard InChI is InChI=1S/C23H30O3Si/c1-23(2,3)27(19-10-6-4-7-11-19,20-12-8-5-9-13-20)26-18-16-21-22(17-18)25-15-14-24-21/h4-13,18,21-22H,14-17H2,1-3H3/t18?,21-,22+. The van der Waals surface area contributed by atoms with Crippen LogP contribution in [0.5, 0.6) is 0 Å². The van der Waals surface area contributed by atoms with Crippen LogP contribution in [0.3, 0.4) is 0 Å². The molecule has 0 amide bonds. The molecule has 4 rings (SSSR count). The van der Waals surface area contributed by atoms with Gasteiger partial charge in [0.25, 0.3) is 8.32 Å². The highest BCUT2D eigenvalue weighted by atomic mass is 28.4. The Morgan fingerprint density at radius 1 is 0.778 bits per heavy atom. The van der Waals surface area contributed by atoms with E-state index in [9.17, 15) is 0 Å². The minimum Gasteiger partial charge on any atom is -0.404 e. The summed E-state index contributed by atoms with van der Waals surface area (Å²) in [6, 6.07) is 21.7. The van der Waals surface area contributed by atoms with Gasteiger partial charge < -0.3 is 13.9 Å². The summed E-state index contributed by atoms with van der Waals surface area (Å²) in [7, 11) is -2.49. The first kappa shape index (κ1) is 18.9.